The summed E-state index contributed by atoms with van der Waals surface area (Å²) in [5.74, 6) is 0.377. The number of fused-ring (bicyclic) bond motifs is 1. The van der Waals surface area contributed by atoms with Crippen molar-refractivity contribution in [1.82, 2.24) is 14.7 Å². The zero-order valence-corrected chi connectivity index (χ0v) is 16.6. The van der Waals surface area contributed by atoms with Gasteiger partial charge in [-0.05, 0) is 25.0 Å². The molecule has 0 unspecified atom stereocenters. The topological polar surface area (TPSA) is 72.7 Å². The lowest BCUT2D eigenvalue weighted by atomic mass is 10.1. The summed E-state index contributed by atoms with van der Waals surface area (Å²) in [5.41, 5.74) is 1.30. The third kappa shape index (κ3) is 3.67. The molecule has 3 aromatic rings. The van der Waals surface area contributed by atoms with E-state index in [1.54, 1.807) is 7.11 Å². The Morgan fingerprint density at radius 2 is 2.04 bits per heavy atom. The van der Waals surface area contributed by atoms with E-state index in [4.69, 9.17) is 4.74 Å². The predicted molar refractivity (Wildman–Crippen MR) is 110 cm³/mol. The Labute approximate surface area is 167 Å². The largest absolute Gasteiger partial charge is 0.497 e. The Balaban J connectivity index is 1.70. The molecule has 2 heterocycles. The second-order valence-corrected chi connectivity index (χ2v) is 7.95. The fourth-order valence-electron chi connectivity index (χ4n) is 3.72. The van der Waals surface area contributed by atoms with Crippen molar-refractivity contribution in [3.05, 3.63) is 51.8 Å². The summed E-state index contributed by atoms with van der Waals surface area (Å²) in [6, 6.07) is 7.64. The summed E-state index contributed by atoms with van der Waals surface area (Å²) in [6.45, 7) is 0. The van der Waals surface area contributed by atoms with Crippen LogP contribution in [0.25, 0.3) is 16.2 Å². The van der Waals surface area contributed by atoms with Crippen molar-refractivity contribution in [2.45, 2.75) is 44.6 Å². The first-order valence-corrected chi connectivity index (χ1v) is 10.5. The standard InChI is InChI=1S/C21H23N3O3S/c1-27-16-10-6-7-14(11-16)18-13-28-21-22-12-17(20(26)24(18)21)19(25)23-15-8-4-2-3-5-9-15/h6-7,10-13,15H,2-5,8-9H2,1H3,(H,23,25). The summed E-state index contributed by atoms with van der Waals surface area (Å²) < 4.78 is 6.80. The lowest BCUT2D eigenvalue weighted by Crippen LogP contribution is -2.38. The summed E-state index contributed by atoms with van der Waals surface area (Å²) in [4.78, 5) is 30.8. The van der Waals surface area contributed by atoms with E-state index in [9.17, 15) is 9.59 Å². The highest BCUT2D eigenvalue weighted by Gasteiger charge is 2.20. The first-order valence-electron chi connectivity index (χ1n) is 9.62. The maximum absolute atomic E-state index is 13.1. The van der Waals surface area contributed by atoms with E-state index in [1.807, 2.05) is 29.6 Å². The molecule has 0 radical (unpaired) electrons. The second kappa shape index (κ2) is 8.14. The number of nitrogens with one attached hydrogen (secondary N) is 1. The summed E-state index contributed by atoms with van der Waals surface area (Å²) in [7, 11) is 1.61. The van der Waals surface area contributed by atoms with Gasteiger partial charge in [0, 0.05) is 23.2 Å². The molecule has 0 atom stereocenters. The van der Waals surface area contributed by atoms with Crippen LogP contribution in [0.1, 0.15) is 48.9 Å². The third-order valence-corrected chi connectivity index (χ3v) is 6.09. The van der Waals surface area contributed by atoms with Crippen LogP contribution in [-0.2, 0) is 0 Å². The molecule has 0 bridgehead atoms. The van der Waals surface area contributed by atoms with E-state index in [2.05, 4.69) is 10.3 Å². The maximum atomic E-state index is 13.1. The van der Waals surface area contributed by atoms with Gasteiger partial charge < -0.3 is 10.1 Å². The normalized spacial score (nSPS) is 15.3. The highest BCUT2D eigenvalue weighted by Crippen LogP contribution is 2.27. The van der Waals surface area contributed by atoms with Crippen LogP contribution in [0, 0.1) is 0 Å². The number of hydrogen-bond donors (Lipinski definition) is 1. The van der Waals surface area contributed by atoms with Crippen LogP contribution in [0.4, 0.5) is 0 Å². The number of aromatic nitrogens is 2. The number of thiazole rings is 1. The molecule has 0 aliphatic heterocycles. The molecule has 2 aromatic heterocycles. The van der Waals surface area contributed by atoms with Gasteiger partial charge in [-0.2, -0.15) is 0 Å². The molecule has 1 aliphatic rings. The lowest BCUT2D eigenvalue weighted by Gasteiger charge is -2.15. The predicted octanol–water partition coefficient (Wildman–Crippen LogP) is 3.88. The minimum Gasteiger partial charge on any atom is -0.497 e. The SMILES string of the molecule is COc1cccc(-c2csc3ncc(C(=O)NC4CCCCCC4)c(=O)n23)c1. The molecule has 0 saturated heterocycles. The minimum atomic E-state index is -0.338. The lowest BCUT2D eigenvalue weighted by molar-refractivity contribution is 0.0931. The molecular weight excluding hydrogens is 374 g/mol. The van der Waals surface area contributed by atoms with E-state index in [1.165, 1.54) is 34.8 Å². The molecule has 4 rings (SSSR count). The second-order valence-electron chi connectivity index (χ2n) is 7.11. The number of carbonyl (C=O) groups excluding carboxylic acids is 1. The van der Waals surface area contributed by atoms with Gasteiger partial charge in [0.15, 0.2) is 4.96 Å². The number of ether oxygens (including phenoxy) is 1. The number of amides is 1. The molecular formula is C21H23N3O3S. The van der Waals surface area contributed by atoms with E-state index >= 15 is 0 Å². The quantitative estimate of drug-likeness (QED) is 0.678. The highest BCUT2D eigenvalue weighted by molar-refractivity contribution is 7.15. The smallest absolute Gasteiger partial charge is 0.271 e. The number of methoxy groups -OCH3 is 1. The molecule has 7 heteroatoms. The fraction of sp³-hybridized carbons (Fsp3) is 0.381. The fourth-order valence-corrected chi connectivity index (χ4v) is 4.58. The summed E-state index contributed by atoms with van der Waals surface area (Å²) >= 11 is 1.37. The number of nitrogens with zero attached hydrogens (tertiary/aromatic N) is 2. The van der Waals surface area contributed by atoms with Gasteiger partial charge in [0.25, 0.3) is 11.5 Å². The van der Waals surface area contributed by atoms with Gasteiger partial charge in [0.1, 0.15) is 11.3 Å². The van der Waals surface area contributed by atoms with Crippen molar-refractivity contribution in [2.75, 3.05) is 7.11 Å². The number of carbonyl (C=O) groups is 1. The first-order chi connectivity index (χ1) is 13.7. The molecule has 1 aliphatic carbocycles. The molecule has 28 heavy (non-hydrogen) atoms. The molecule has 1 N–H and O–H groups in total. The van der Waals surface area contributed by atoms with Gasteiger partial charge in [0.05, 0.1) is 12.8 Å². The zero-order valence-electron chi connectivity index (χ0n) is 15.8. The van der Waals surface area contributed by atoms with Gasteiger partial charge >= 0.3 is 0 Å². The van der Waals surface area contributed by atoms with Crippen LogP contribution >= 0.6 is 11.3 Å². The van der Waals surface area contributed by atoms with Crippen molar-refractivity contribution in [3.8, 4) is 17.0 Å². The van der Waals surface area contributed by atoms with Crippen LogP contribution in [0.3, 0.4) is 0 Å². The van der Waals surface area contributed by atoms with Crippen molar-refractivity contribution < 1.29 is 9.53 Å². The van der Waals surface area contributed by atoms with E-state index in [0.717, 1.165) is 31.2 Å². The molecule has 1 saturated carbocycles. The highest BCUT2D eigenvalue weighted by atomic mass is 32.1. The average Bonchev–Trinajstić information content (AvgIpc) is 2.99. The Hall–Kier alpha value is -2.67. The van der Waals surface area contributed by atoms with E-state index < -0.39 is 0 Å². The van der Waals surface area contributed by atoms with Crippen molar-refractivity contribution in [3.63, 3.8) is 0 Å². The van der Waals surface area contributed by atoms with Crippen LogP contribution in [-0.4, -0.2) is 28.4 Å². The van der Waals surface area contributed by atoms with Crippen molar-refractivity contribution in [1.29, 1.82) is 0 Å². The minimum absolute atomic E-state index is 0.0873. The molecule has 1 amide bonds. The summed E-state index contributed by atoms with van der Waals surface area (Å²) in [5, 5.41) is 4.92. The van der Waals surface area contributed by atoms with E-state index in [-0.39, 0.29) is 23.1 Å². The van der Waals surface area contributed by atoms with Gasteiger partial charge in [-0.15, -0.1) is 11.3 Å². The number of hydrogen-bond acceptors (Lipinski definition) is 5. The Morgan fingerprint density at radius 3 is 2.79 bits per heavy atom. The third-order valence-electron chi connectivity index (χ3n) is 5.25. The molecule has 1 aromatic carbocycles. The van der Waals surface area contributed by atoms with Gasteiger partial charge in [-0.25, -0.2) is 4.98 Å². The Morgan fingerprint density at radius 1 is 1.25 bits per heavy atom. The monoisotopic (exact) mass is 397 g/mol. The van der Waals surface area contributed by atoms with E-state index in [0.29, 0.717) is 16.4 Å². The maximum Gasteiger partial charge on any atom is 0.271 e. The average molecular weight is 398 g/mol. The molecule has 1 fully saturated rings. The summed E-state index contributed by atoms with van der Waals surface area (Å²) in [6.07, 6.45) is 7.99. The molecule has 6 nitrogen and oxygen atoms in total. The van der Waals surface area contributed by atoms with Crippen LogP contribution in [0.2, 0.25) is 0 Å². The van der Waals surface area contributed by atoms with Crippen LogP contribution in [0.5, 0.6) is 5.75 Å². The first kappa shape index (κ1) is 18.7. The Kier molecular flexibility index (Phi) is 5.43. The molecule has 0 spiro atoms. The zero-order chi connectivity index (χ0) is 19.5. The van der Waals surface area contributed by atoms with Gasteiger partial charge in [-0.3, -0.25) is 14.0 Å². The number of benzene rings is 1. The van der Waals surface area contributed by atoms with Crippen LogP contribution < -0.4 is 15.6 Å². The Bertz CT molecular complexity index is 1050. The van der Waals surface area contributed by atoms with Gasteiger partial charge in [0.2, 0.25) is 0 Å². The van der Waals surface area contributed by atoms with Crippen molar-refractivity contribution >= 4 is 22.2 Å². The molecule has 146 valence electrons. The van der Waals surface area contributed by atoms with Crippen molar-refractivity contribution in [2.24, 2.45) is 0 Å². The van der Waals surface area contributed by atoms with Gasteiger partial charge in [-0.1, -0.05) is 37.8 Å². The van der Waals surface area contributed by atoms with Crippen LogP contribution in [0.15, 0.2) is 40.6 Å². The number of rotatable bonds is 4.